The summed E-state index contributed by atoms with van der Waals surface area (Å²) in [4.78, 5) is 43.5. The van der Waals surface area contributed by atoms with Gasteiger partial charge in [-0.05, 0) is 50.1 Å². The highest BCUT2D eigenvalue weighted by molar-refractivity contribution is 5.90. The highest BCUT2D eigenvalue weighted by atomic mass is 16.5. The van der Waals surface area contributed by atoms with Crippen LogP contribution in [0.2, 0.25) is 0 Å². The number of nitrogens with zero attached hydrogens (tertiary/aromatic N) is 2. The van der Waals surface area contributed by atoms with Gasteiger partial charge in [-0.3, -0.25) is 19.3 Å². The summed E-state index contributed by atoms with van der Waals surface area (Å²) in [5, 5.41) is 3.15. The van der Waals surface area contributed by atoms with Crippen LogP contribution in [0, 0.1) is 11.3 Å². The lowest BCUT2D eigenvalue weighted by Gasteiger charge is -2.40. The van der Waals surface area contributed by atoms with Gasteiger partial charge in [0.25, 0.3) is 0 Å². The Morgan fingerprint density at radius 3 is 2.39 bits per heavy atom. The van der Waals surface area contributed by atoms with Crippen molar-refractivity contribution in [1.29, 1.82) is 0 Å². The molecule has 212 valence electrons. The average molecular weight is 528 g/mol. The largest absolute Gasteiger partial charge is 0.466 e. The number of hydrogen-bond donors (Lipinski definition) is 1. The summed E-state index contributed by atoms with van der Waals surface area (Å²) in [6.07, 6.45) is 5.01. The first kappa shape index (κ1) is 31.5. The summed E-state index contributed by atoms with van der Waals surface area (Å²) in [7, 11) is 1.79. The summed E-state index contributed by atoms with van der Waals surface area (Å²) in [6.45, 7) is 15.7. The van der Waals surface area contributed by atoms with E-state index in [9.17, 15) is 14.4 Å². The fourth-order valence-electron chi connectivity index (χ4n) is 5.07. The quantitative estimate of drug-likeness (QED) is 0.325. The average Bonchev–Trinajstić information content (AvgIpc) is 2.85. The van der Waals surface area contributed by atoms with E-state index in [1.165, 1.54) is 5.56 Å². The Balaban J connectivity index is 2.21. The number of likely N-dealkylation sites (tertiary alicyclic amines) is 1. The second kappa shape index (κ2) is 14.5. The molecule has 0 aliphatic carbocycles. The van der Waals surface area contributed by atoms with Gasteiger partial charge in [-0.1, -0.05) is 83.0 Å². The molecule has 0 bridgehead atoms. The fraction of sp³-hybridized carbons (Fsp3) is 0.645. The molecule has 0 spiro atoms. The highest BCUT2D eigenvalue weighted by Crippen LogP contribution is 2.26. The fourth-order valence-corrected chi connectivity index (χ4v) is 5.07. The predicted octanol–water partition coefficient (Wildman–Crippen LogP) is 4.95. The third-order valence-electron chi connectivity index (χ3n) is 7.21. The molecule has 0 aromatic heterocycles. The van der Waals surface area contributed by atoms with Crippen LogP contribution in [0.3, 0.4) is 0 Å². The molecule has 0 saturated carbocycles. The van der Waals surface area contributed by atoms with Gasteiger partial charge in [0, 0.05) is 13.6 Å². The third kappa shape index (κ3) is 9.26. The van der Waals surface area contributed by atoms with Crippen LogP contribution in [0.1, 0.15) is 79.7 Å². The second-order valence-electron chi connectivity index (χ2n) is 12.0. The van der Waals surface area contributed by atoms with E-state index in [-0.39, 0.29) is 42.2 Å². The zero-order valence-electron chi connectivity index (χ0n) is 24.8. The van der Waals surface area contributed by atoms with Gasteiger partial charge in [0.05, 0.1) is 25.1 Å². The molecule has 38 heavy (non-hydrogen) atoms. The van der Waals surface area contributed by atoms with Gasteiger partial charge in [0.2, 0.25) is 11.8 Å². The Labute approximate surface area is 230 Å². The zero-order chi connectivity index (χ0) is 28.5. The van der Waals surface area contributed by atoms with Gasteiger partial charge in [-0.25, -0.2) is 0 Å². The second-order valence-corrected chi connectivity index (χ2v) is 12.0. The number of carbonyl (C=O) groups is 3. The van der Waals surface area contributed by atoms with Crippen molar-refractivity contribution in [3.8, 4) is 0 Å². The maximum atomic E-state index is 13.9. The molecule has 3 atom stereocenters. The van der Waals surface area contributed by atoms with E-state index in [2.05, 4.69) is 36.2 Å². The number of likely N-dealkylation sites (N-methyl/N-ethyl adjacent to an activating group) is 1. The molecule has 7 heteroatoms. The van der Waals surface area contributed by atoms with Crippen LogP contribution >= 0.6 is 0 Å². The monoisotopic (exact) mass is 527 g/mol. The topological polar surface area (TPSA) is 79.0 Å². The molecule has 2 rings (SSSR count). The molecule has 1 saturated heterocycles. The molecule has 2 amide bonds. The lowest BCUT2D eigenvalue weighted by atomic mass is 9.84. The van der Waals surface area contributed by atoms with Crippen molar-refractivity contribution in [3.63, 3.8) is 0 Å². The molecule has 1 fully saturated rings. The first-order chi connectivity index (χ1) is 17.8. The van der Waals surface area contributed by atoms with E-state index >= 15 is 0 Å². The Bertz CT molecular complexity index is 952. The first-order valence-electron chi connectivity index (χ1n) is 14.0. The van der Waals surface area contributed by atoms with Crippen LogP contribution in [0.5, 0.6) is 0 Å². The van der Waals surface area contributed by atoms with Gasteiger partial charge in [-0.15, -0.1) is 0 Å². The van der Waals surface area contributed by atoms with E-state index in [1.807, 2.05) is 52.0 Å². The van der Waals surface area contributed by atoms with Crippen molar-refractivity contribution in [3.05, 3.63) is 47.5 Å². The number of amides is 2. The lowest BCUT2D eigenvalue weighted by Crippen LogP contribution is -2.60. The van der Waals surface area contributed by atoms with Crippen LogP contribution < -0.4 is 5.32 Å². The molecule has 1 heterocycles. The molecule has 0 radical (unpaired) electrons. The van der Waals surface area contributed by atoms with Crippen LogP contribution in [-0.2, 0) is 25.7 Å². The van der Waals surface area contributed by atoms with Gasteiger partial charge in [-0.2, -0.15) is 0 Å². The van der Waals surface area contributed by atoms with E-state index in [4.69, 9.17) is 4.74 Å². The van der Waals surface area contributed by atoms with Gasteiger partial charge < -0.3 is 15.0 Å². The van der Waals surface area contributed by atoms with E-state index < -0.39 is 11.5 Å². The molecular weight excluding hydrogens is 478 g/mol. The summed E-state index contributed by atoms with van der Waals surface area (Å²) in [5.74, 6) is -0.366. The van der Waals surface area contributed by atoms with Crippen LogP contribution in [0.4, 0.5) is 0 Å². The van der Waals surface area contributed by atoms with Crippen LogP contribution in [0.25, 0.3) is 0 Å². The molecular formula is C31H49N3O4. The minimum absolute atomic E-state index is 0.0857. The maximum Gasteiger partial charge on any atom is 0.309 e. The standard InChI is InChI=1S/C31H49N3O4/c1-9-38-27(35)20-23(4)19-26(22(2)3)33(8)30(37)28(31(5,6)7)32-29(36)25-17-13-14-18-34(25)21-24-15-11-10-12-16-24/h10-12,15-16,19,22,25-26,28H,9,13-14,17-18,20-21H2,1-8H3,(H,32,36)/t25?,26-,28-/m1/s1. The summed E-state index contributed by atoms with van der Waals surface area (Å²) in [6, 6.07) is 9.05. The number of esters is 1. The molecule has 1 aliphatic heterocycles. The molecule has 1 aromatic rings. The Hall–Kier alpha value is -2.67. The number of nitrogens with one attached hydrogen (secondary N) is 1. The molecule has 1 aliphatic rings. The highest BCUT2D eigenvalue weighted by Gasteiger charge is 2.39. The third-order valence-corrected chi connectivity index (χ3v) is 7.21. The Kier molecular flexibility index (Phi) is 12.0. The zero-order valence-corrected chi connectivity index (χ0v) is 24.8. The minimum atomic E-state index is -0.680. The minimum Gasteiger partial charge on any atom is -0.466 e. The SMILES string of the molecule is CCOC(=O)CC(C)=C[C@H](C(C)C)N(C)C(=O)[C@@H](NC(=O)C1CCCCN1Cc1ccccc1)C(C)(C)C. The molecule has 1 aromatic carbocycles. The normalized spacial score (nSPS) is 18.6. The van der Waals surface area contributed by atoms with Crippen molar-refractivity contribution in [2.45, 2.75) is 98.8 Å². The van der Waals surface area contributed by atoms with Gasteiger partial charge in [0.15, 0.2) is 0 Å². The molecule has 7 nitrogen and oxygen atoms in total. The Morgan fingerprint density at radius 1 is 1.16 bits per heavy atom. The van der Waals surface area contributed by atoms with Crippen molar-refractivity contribution in [2.75, 3.05) is 20.2 Å². The van der Waals surface area contributed by atoms with Crippen LogP contribution in [0.15, 0.2) is 42.0 Å². The lowest BCUT2D eigenvalue weighted by molar-refractivity contribution is -0.142. The van der Waals surface area contributed by atoms with E-state index in [0.29, 0.717) is 13.2 Å². The number of hydrogen-bond acceptors (Lipinski definition) is 5. The first-order valence-corrected chi connectivity index (χ1v) is 14.0. The van der Waals surface area contributed by atoms with E-state index in [0.717, 1.165) is 31.4 Å². The number of piperidine rings is 1. The predicted molar refractivity (Wildman–Crippen MR) is 152 cm³/mol. The number of carbonyl (C=O) groups excluding carboxylic acids is 3. The van der Waals surface area contributed by atoms with Crippen LogP contribution in [-0.4, -0.2) is 65.9 Å². The van der Waals surface area contributed by atoms with E-state index in [1.54, 1.807) is 18.9 Å². The smallest absolute Gasteiger partial charge is 0.309 e. The summed E-state index contributed by atoms with van der Waals surface area (Å²) >= 11 is 0. The van der Waals surface area contributed by atoms with Crippen molar-refractivity contribution in [2.24, 2.45) is 11.3 Å². The van der Waals surface area contributed by atoms with Crippen molar-refractivity contribution < 1.29 is 19.1 Å². The number of ether oxygens (including phenoxy) is 1. The van der Waals surface area contributed by atoms with Crippen molar-refractivity contribution >= 4 is 17.8 Å². The number of benzene rings is 1. The molecule has 1 N–H and O–H groups in total. The number of rotatable bonds is 11. The van der Waals surface area contributed by atoms with Crippen molar-refractivity contribution in [1.82, 2.24) is 15.1 Å². The van der Waals surface area contributed by atoms with Gasteiger partial charge in [0.1, 0.15) is 6.04 Å². The summed E-state index contributed by atoms with van der Waals surface area (Å²) < 4.78 is 5.08. The van der Waals surface area contributed by atoms with Gasteiger partial charge >= 0.3 is 5.97 Å². The molecule has 1 unspecified atom stereocenters. The summed E-state index contributed by atoms with van der Waals surface area (Å²) in [5.41, 5.74) is 1.56. The Morgan fingerprint density at radius 2 is 1.82 bits per heavy atom. The maximum absolute atomic E-state index is 13.9.